The third-order valence-corrected chi connectivity index (χ3v) is 6.47. The van der Waals surface area contributed by atoms with E-state index in [-0.39, 0.29) is 17.7 Å². The summed E-state index contributed by atoms with van der Waals surface area (Å²) in [4.78, 5) is 48.6. The van der Waals surface area contributed by atoms with Crippen LogP contribution in [0.4, 0.5) is 10.5 Å². The zero-order valence-corrected chi connectivity index (χ0v) is 21.3. The molecule has 0 bridgehead atoms. The number of ether oxygens (including phenoxy) is 3. The normalized spacial score (nSPS) is 21.6. The Hall–Kier alpha value is -2.91. The summed E-state index contributed by atoms with van der Waals surface area (Å²) in [6.45, 7) is 5.16. The second-order valence-electron chi connectivity index (χ2n) is 9.52. The van der Waals surface area contributed by atoms with E-state index in [0.717, 1.165) is 4.90 Å². The number of imide groups is 1. The lowest BCUT2D eigenvalue weighted by Crippen LogP contribution is -2.47. The SMILES string of the molecule is COC(=O)c1ccc2c(n1)C1(CCC(Oc3ncc(Cl)cc3Cl)CC1)C(=O)N2C(=O)OC(C)(C)C. The van der Waals surface area contributed by atoms with Gasteiger partial charge in [-0.3, -0.25) is 4.79 Å². The number of halogens is 2. The number of aromatic nitrogens is 2. The monoisotopic (exact) mass is 521 g/mol. The first-order chi connectivity index (χ1) is 16.4. The molecule has 0 radical (unpaired) electrons. The van der Waals surface area contributed by atoms with E-state index in [1.807, 2.05) is 0 Å². The highest BCUT2D eigenvalue weighted by atomic mass is 35.5. The molecule has 1 saturated carbocycles. The van der Waals surface area contributed by atoms with Gasteiger partial charge in [-0.2, -0.15) is 0 Å². The molecular weight excluding hydrogens is 497 g/mol. The van der Waals surface area contributed by atoms with Crippen LogP contribution in [-0.4, -0.2) is 46.8 Å². The van der Waals surface area contributed by atoms with Crippen LogP contribution in [0.3, 0.4) is 0 Å². The highest BCUT2D eigenvalue weighted by Gasteiger charge is 2.56. The molecule has 1 aliphatic heterocycles. The van der Waals surface area contributed by atoms with Gasteiger partial charge < -0.3 is 14.2 Å². The Labute approximate surface area is 212 Å². The lowest BCUT2D eigenvalue weighted by Gasteiger charge is -2.35. The zero-order chi connectivity index (χ0) is 25.5. The van der Waals surface area contributed by atoms with Crippen LogP contribution in [0.25, 0.3) is 0 Å². The molecule has 35 heavy (non-hydrogen) atoms. The molecule has 2 aromatic heterocycles. The molecular formula is C24H25Cl2N3O6. The molecule has 9 nitrogen and oxygen atoms in total. The number of esters is 1. The van der Waals surface area contributed by atoms with Crippen molar-refractivity contribution < 1.29 is 28.6 Å². The van der Waals surface area contributed by atoms with Crippen molar-refractivity contribution in [3.05, 3.63) is 45.8 Å². The van der Waals surface area contributed by atoms with Crippen molar-refractivity contribution in [1.29, 1.82) is 0 Å². The Bertz CT molecular complexity index is 1190. The molecule has 0 atom stereocenters. The van der Waals surface area contributed by atoms with E-state index in [9.17, 15) is 14.4 Å². The quantitative estimate of drug-likeness (QED) is 0.512. The third-order valence-electron chi connectivity index (χ3n) is 5.99. The molecule has 0 N–H and O–H groups in total. The van der Waals surface area contributed by atoms with Crippen molar-refractivity contribution in [3.63, 3.8) is 0 Å². The van der Waals surface area contributed by atoms with Crippen molar-refractivity contribution in [1.82, 2.24) is 9.97 Å². The minimum atomic E-state index is -1.10. The van der Waals surface area contributed by atoms with Gasteiger partial charge in [-0.1, -0.05) is 23.2 Å². The second kappa shape index (κ2) is 9.28. The zero-order valence-electron chi connectivity index (χ0n) is 19.8. The standard InChI is InChI=1S/C24H25Cl2N3O6/c1-23(2,3)35-22(32)29-17-6-5-16(20(30)33-4)28-18(17)24(21(29)31)9-7-14(8-10-24)34-19-15(26)11-13(25)12-27-19/h5-6,11-12,14H,7-10H2,1-4H3. The molecule has 0 aromatic carbocycles. The molecule has 0 unspecified atom stereocenters. The first-order valence-electron chi connectivity index (χ1n) is 11.1. The van der Waals surface area contributed by atoms with Crippen LogP contribution in [0.15, 0.2) is 24.4 Å². The average Bonchev–Trinajstić information content (AvgIpc) is 3.02. The van der Waals surface area contributed by atoms with Gasteiger partial charge >= 0.3 is 12.1 Å². The average molecular weight is 522 g/mol. The fourth-order valence-electron chi connectivity index (χ4n) is 4.42. The molecule has 11 heteroatoms. The number of hydrogen-bond donors (Lipinski definition) is 0. The molecule has 1 fully saturated rings. The number of anilines is 1. The molecule has 1 spiro atoms. The molecule has 2 aromatic rings. The maximum Gasteiger partial charge on any atom is 0.421 e. The Kier molecular flexibility index (Phi) is 6.68. The van der Waals surface area contributed by atoms with Gasteiger partial charge in [-0.05, 0) is 64.7 Å². The fourth-order valence-corrected chi connectivity index (χ4v) is 4.84. The van der Waals surface area contributed by atoms with Crippen molar-refractivity contribution in [2.24, 2.45) is 0 Å². The third kappa shape index (κ3) is 4.79. The maximum absolute atomic E-state index is 13.8. The van der Waals surface area contributed by atoms with E-state index in [4.69, 9.17) is 37.4 Å². The first-order valence-corrected chi connectivity index (χ1v) is 11.9. The number of hydrogen-bond acceptors (Lipinski definition) is 8. The predicted molar refractivity (Wildman–Crippen MR) is 128 cm³/mol. The van der Waals surface area contributed by atoms with Crippen LogP contribution in [0.2, 0.25) is 10.0 Å². The number of carbonyl (C=O) groups excluding carboxylic acids is 3. The summed E-state index contributed by atoms with van der Waals surface area (Å²) in [6.07, 6.45) is 2.01. The van der Waals surface area contributed by atoms with Crippen LogP contribution < -0.4 is 9.64 Å². The van der Waals surface area contributed by atoms with E-state index in [2.05, 4.69) is 9.97 Å². The minimum absolute atomic E-state index is 0.0555. The van der Waals surface area contributed by atoms with Crippen molar-refractivity contribution in [2.45, 2.75) is 63.6 Å². The van der Waals surface area contributed by atoms with Gasteiger partial charge in [0.15, 0.2) is 0 Å². The summed E-state index contributed by atoms with van der Waals surface area (Å²) in [5.74, 6) is -0.805. The van der Waals surface area contributed by atoms with Gasteiger partial charge in [0.05, 0.1) is 28.9 Å². The van der Waals surface area contributed by atoms with E-state index in [1.165, 1.54) is 25.4 Å². The van der Waals surface area contributed by atoms with Crippen LogP contribution in [0, 0.1) is 0 Å². The van der Waals surface area contributed by atoms with E-state index < -0.39 is 29.0 Å². The van der Waals surface area contributed by atoms with Gasteiger partial charge in [-0.15, -0.1) is 0 Å². The number of pyridine rings is 2. The van der Waals surface area contributed by atoms with E-state index in [1.54, 1.807) is 26.8 Å². The molecule has 2 aliphatic rings. The highest BCUT2D eigenvalue weighted by Crippen LogP contribution is 2.50. The summed E-state index contributed by atoms with van der Waals surface area (Å²) in [6, 6.07) is 4.51. The number of amides is 2. The van der Waals surface area contributed by atoms with Crippen LogP contribution in [-0.2, 0) is 19.7 Å². The Morgan fingerprint density at radius 3 is 2.46 bits per heavy atom. The number of rotatable bonds is 3. The number of nitrogens with zero attached hydrogens (tertiary/aromatic N) is 3. The van der Waals surface area contributed by atoms with Gasteiger partial charge in [0.2, 0.25) is 11.8 Å². The number of fused-ring (bicyclic) bond motifs is 2. The smallest absolute Gasteiger partial charge is 0.421 e. The van der Waals surface area contributed by atoms with Crippen molar-refractivity contribution in [2.75, 3.05) is 12.0 Å². The van der Waals surface area contributed by atoms with Gasteiger partial charge in [0.1, 0.15) is 22.4 Å². The largest absolute Gasteiger partial charge is 0.473 e. The van der Waals surface area contributed by atoms with Gasteiger partial charge in [-0.25, -0.2) is 24.5 Å². The predicted octanol–water partition coefficient (Wildman–Crippen LogP) is 5.11. The molecule has 186 valence electrons. The Morgan fingerprint density at radius 2 is 1.86 bits per heavy atom. The summed E-state index contributed by atoms with van der Waals surface area (Å²) in [5.41, 5.74) is -1.19. The lowest BCUT2D eigenvalue weighted by atomic mass is 9.71. The molecule has 0 saturated heterocycles. The summed E-state index contributed by atoms with van der Waals surface area (Å²) in [5, 5.41) is 0.688. The number of carbonyl (C=O) groups is 3. The fraction of sp³-hybridized carbons (Fsp3) is 0.458. The van der Waals surface area contributed by atoms with E-state index in [0.29, 0.717) is 47.1 Å². The van der Waals surface area contributed by atoms with Crippen molar-refractivity contribution in [3.8, 4) is 5.88 Å². The molecule has 4 rings (SSSR count). The summed E-state index contributed by atoms with van der Waals surface area (Å²) in [7, 11) is 1.25. The highest BCUT2D eigenvalue weighted by molar-refractivity contribution is 6.35. The summed E-state index contributed by atoms with van der Waals surface area (Å²) >= 11 is 12.1. The number of methoxy groups -OCH3 is 1. The summed E-state index contributed by atoms with van der Waals surface area (Å²) < 4.78 is 16.3. The van der Waals surface area contributed by atoms with Crippen molar-refractivity contribution >= 4 is 46.9 Å². The molecule has 2 amide bonds. The lowest BCUT2D eigenvalue weighted by molar-refractivity contribution is -0.124. The second-order valence-corrected chi connectivity index (χ2v) is 10.4. The van der Waals surface area contributed by atoms with Crippen LogP contribution in [0.1, 0.15) is 62.6 Å². The van der Waals surface area contributed by atoms with Gasteiger partial charge in [0, 0.05) is 6.20 Å². The Balaban J connectivity index is 1.65. The van der Waals surface area contributed by atoms with Crippen LogP contribution >= 0.6 is 23.2 Å². The first kappa shape index (κ1) is 25.2. The Morgan fingerprint density at radius 1 is 1.17 bits per heavy atom. The topological polar surface area (TPSA) is 108 Å². The van der Waals surface area contributed by atoms with E-state index >= 15 is 0 Å². The molecule has 1 aliphatic carbocycles. The minimum Gasteiger partial charge on any atom is -0.473 e. The van der Waals surface area contributed by atoms with Crippen LogP contribution in [0.5, 0.6) is 5.88 Å². The van der Waals surface area contributed by atoms with Gasteiger partial charge in [0.25, 0.3) is 0 Å². The molecule has 3 heterocycles. The maximum atomic E-state index is 13.8.